The van der Waals surface area contributed by atoms with Gasteiger partial charge in [0, 0.05) is 25.0 Å². The van der Waals surface area contributed by atoms with Gasteiger partial charge in [0.05, 0.1) is 0 Å². The average Bonchev–Trinajstić information content (AvgIpc) is 2.27. The molecule has 0 aliphatic carbocycles. The Labute approximate surface area is 103 Å². The van der Waals surface area contributed by atoms with E-state index in [-0.39, 0.29) is 12.4 Å². The average molecular weight is 266 g/mol. The van der Waals surface area contributed by atoms with E-state index in [0.29, 0.717) is 13.1 Å². The minimum atomic E-state index is -3.51. The highest BCUT2D eigenvalue weighted by Gasteiger charge is 2.27. The van der Waals surface area contributed by atoms with Crippen LogP contribution >= 0.6 is 0 Å². The van der Waals surface area contributed by atoms with Crippen LogP contribution in [0.5, 0.6) is 0 Å². The van der Waals surface area contributed by atoms with Crippen LogP contribution in [0, 0.1) is 5.41 Å². The molecule has 0 aromatic carbocycles. The topological polar surface area (TPSA) is 108 Å². The minimum Gasteiger partial charge on any atom is -0.409 e. The number of hydrogen-bond donors (Lipinski definition) is 3. The summed E-state index contributed by atoms with van der Waals surface area (Å²) in [5, 5.41) is 11.5. The van der Waals surface area contributed by atoms with Crippen molar-refractivity contribution in [1.82, 2.24) is 9.03 Å². The van der Waals surface area contributed by atoms with E-state index in [1.807, 2.05) is 0 Å². The quantitative estimate of drug-likeness (QED) is 0.259. The molecule has 0 heterocycles. The number of oxime groups is 1. The molecule has 0 saturated heterocycles. The lowest BCUT2D eigenvalue weighted by Gasteiger charge is -2.25. The molecule has 0 fully saturated rings. The van der Waals surface area contributed by atoms with E-state index in [9.17, 15) is 8.42 Å². The Morgan fingerprint density at radius 1 is 1.41 bits per heavy atom. The highest BCUT2D eigenvalue weighted by atomic mass is 32.2. The first-order valence-corrected chi connectivity index (χ1v) is 6.88. The van der Waals surface area contributed by atoms with Gasteiger partial charge in [-0.2, -0.15) is 12.7 Å². The first kappa shape index (κ1) is 16.1. The van der Waals surface area contributed by atoms with Crippen molar-refractivity contribution in [2.75, 3.05) is 19.6 Å². The molecule has 0 aliphatic rings. The number of rotatable bonds is 7. The van der Waals surface area contributed by atoms with Crippen LogP contribution in [0.2, 0.25) is 0 Å². The Balaban J connectivity index is 4.68. The zero-order valence-corrected chi connectivity index (χ0v) is 11.6. The Kier molecular flexibility index (Phi) is 5.86. The van der Waals surface area contributed by atoms with Gasteiger partial charge in [-0.3, -0.25) is 0 Å². The van der Waals surface area contributed by atoms with Gasteiger partial charge in [0.25, 0.3) is 10.2 Å². The van der Waals surface area contributed by atoms with Crippen molar-refractivity contribution in [1.29, 1.82) is 0 Å². The van der Waals surface area contributed by atoms with Crippen molar-refractivity contribution in [3.63, 3.8) is 0 Å². The first-order valence-electron chi connectivity index (χ1n) is 5.44. The maximum absolute atomic E-state index is 11.8. The van der Waals surface area contributed by atoms with E-state index < -0.39 is 15.6 Å². The van der Waals surface area contributed by atoms with Gasteiger partial charge in [-0.15, -0.1) is 0 Å². The smallest absolute Gasteiger partial charge is 0.279 e. The molecular formula is C9H22N4O3S. The van der Waals surface area contributed by atoms with E-state index >= 15 is 0 Å². The standard InChI is InChI=1S/C9H22N4O3S/c1-5-13(6-2)17(15,16)11-7-9(3,4)8(10)12-14/h11,14H,5-7H2,1-4H3,(H2,10,12). The molecule has 4 N–H and O–H groups in total. The number of amidine groups is 1. The molecule has 0 spiro atoms. The van der Waals surface area contributed by atoms with E-state index in [1.165, 1.54) is 4.31 Å². The fourth-order valence-electron chi connectivity index (χ4n) is 1.15. The molecule has 0 aliphatic heterocycles. The van der Waals surface area contributed by atoms with Gasteiger partial charge in [0.1, 0.15) is 5.84 Å². The van der Waals surface area contributed by atoms with E-state index in [4.69, 9.17) is 10.9 Å². The molecule has 0 radical (unpaired) electrons. The molecular weight excluding hydrogens is 244 g/mol. The van der Waals surface area contributed by atoms with Gasteiger partial charge in [-0.25, -0.2) is 4.72 Å². The second kappa shape index (κ2) is 6.18. The summed E-state index contributed by atoms with van der Waals surface area (Å²) in [6, 6.07) is 0. The highest BCUT2D eigenvalue weighted by Crippen LogP contribution is 2.14. The third-order valence-electron chi connectivity index (χ3n) is 2.54. The van der Waals surface area contributed by atoms with Crippen LogP contribution in [0.3, 0.4) is 0 Å². The van der Waals surface area contributed by atoms with Crippen molar-refractivity contribution in [3.8, 4) is 0 Å². The van der Waals surface area contributed by atoms with E-state index in [0.717, 1.165) is 0 Å². The van der Waals surface area contributed by atoms with Crippen molar-refractivity contribution in [3.05, 3.63) is 0 Å². The zero-order chi connectivity index (χ0) is 13.7. The molecule has 0 unspecified atom stereocenters. The summed E-state index contributed by atoms with van der Waals surface area (Å²) in [5.74, 6) is -0.0141. The fraction of sp³-hybridized carbons (Fsp3) is 0.889. The predicted octanol–water partition coefficient (Wildman–Crippen LogP) is -0.0648. The zero-order valence-electron chi connectivity index (χ0n) is 10.8. The van der Waals surface area contributed by atoms with E-state index in [2.05, 4.69) is 9.88 Å². The monoisotopic (exact) mass is 266 g/mol. The summed E-state index contributed by atoms with van der Waals surface area (Å²) in [5.41, 5.74) is 4.73. The molecule has 0 rings (SSSR count). The van der Waals surface area contributed by atoms with Gasteiger partial charge < -0.3 is 10.9 Å². The Morgan fingerprint density at radius 3 is 2.24 bits per heavy atom. The number of nitrogens with two attached hydrogens (primary N) is 1. The second-order valence-electron chi connectivity index (χ2n) is 4.28. The first-order chi connectivity index (χ1) is 7.71. The SMILES string of the molecule is CCN(CC)S(=O)(=O)NCC(C)(C)C(N)=NO. The third kappa shape index (κ3) is 4.49. The minimum absolute atomic E-state index is 0.0141. The van der Waals surface area contributed by atoms with Crippen molar-refractivity contribution in [2.24, 2.45) is 16.3 Å². The molecule has 0 saturated carbocycles. The van der Waals surface area contributed by atoms with Crippen LogP contribution in [0.4, 0.5) is 0 Å². The van der Waals surface area contributed by atoms with Crippen LogP contribution in [0.25, 0.3) is 0 Å². The maximum Gasteiger partial charge on any atom is 0.279 e. The van der Waals surface area contributed by atoms with Gasteiger partial charge >= 0.3 is 0 Å². The van der Waals surface area contributed by atoms with Crippen LogP contribution in [0.1, 0.15) is 27.7 Å². The molecule has 0 aromatic heterocycles. The summed E-state index contributed by atoms with van der Waals surface area (Å²) in [6.07, 6.45) is 0. The van der Waals surface area contributed by atoms with E-state index in [1.54, 1.807) is 27.7 Å². The summed E-state index contributed by atoms with van der Waals surface area (Å²) >= 11 is 0. The van der Waals surface area contributed by atoms with Crippen molar-refractivity contribution in [2.45, 2.75) is 27.7 Å². The lowest BCUT2D eigenvalue weighted by molar-refractivity contribution is 0.307. The summed E-state index contributed by atoms with van der Waals surface area (Å²) < 4.78 is 27.4. The number of hydrogen-bond acceptors (Lipinski definition) is 4. The molecule has 7 nitrogen and oxygen atoms in total. The van der Waals surface area contributed by atoms with Gasteiger partial charge in [0.15, 0.2) is 0 Å². The van der Waals surface area contributed by atoms with Gasteiger partial charge in [-0.1, -0.05) is 32.9 Å². The van der Waals surface area contributed by atoms with Crippen LogP contribution in [-0.2, 0) is 10.2 Å². The predicted molar refractivity (Wildman–Crippen MR) is 67.0 cm³/mol. The molecule has 0 aromatic rings. The number of nitrogens with one attached hydrogen (secondary N) is 1. The molecule has 8 heteroatoms. The largest absolute Gasteiger partial charge is 0.409 e. The van der Waals surface area contributed by atoms with Crippen molar-refractivity contribution < 1.29 is 13.6 Å². The molecule has 0 bridgehead atoms. The number of nitrogens with zero attached hydrogens (tertiary/aromatic N) is 2. The molecule has 17 heavy (non-hydrogen) atoms. The Morgan fingerprint density at radius 2 is 1.88 bits per heavy atom. The molecule has 0 atom stereocenters. The van der Waals surface area contributed by atoms with Crippen molar-refractivity contribution >= 4 is 16.0 Å². The highest BCUT2D eigenvalue weighted by molar-refractivity contribution is 7.87. The van der Waals surface area contributed by atoms with Gasteiger partial charge in [0.2, 0.25) is 0 Å². The van der Waals surface area contributed by atoms with Crippen LogP contribution < -0.4 is 10.5 Å². The third-order valence-corrected chi connectivity index (χ3v) is 4.25. The summed E-state index contributed by atoms with van der Waals surface area (Å²) in [7, 11) is -3.51. The van der Waals surface area contributed by atoms with Gasteiger partial charge in [-0.05, 0) is 0 Å². The Bertz CT molecular complexity index is 360. The lowest BCUT2D eigenvalue weighted by atomic mass is 9.93. The second-order valence-corrected chi connectivity index (χ2v) is 6.03. The van der Waals surface area contributed by atoms with Crippen LogP contribution in [0.15, 0.2) is 5.16 Å². The molecule has 102 valence electrons. The molecule has 0 amide bonds. The maximum atomic E-state index is 11.8. The van der Waals surface area contributed by atoms with Crippen LogP contribution in [-0.4, -0.2) is 43.4 Å². The fourth-order valence-corrected chi connectivity index (χ4v) is 2.56. The summed E-state index contributed by atoms with van der Waals surface area (Å²) in [4.78, 5) is 0. The summed E-state index contributed by atoms with van der Waals surface area (Å²) in [6.45, 7) is 7.77. The lowest BCUT2D eigenvalue weighted by Crippen LogP contribution is -2.47. The normalized spacial score (nSPS) is 14.3. The Hall–Kier alpha value is -0.860.